The van der Waals surface area contributed by atoms with Gasteiger partial charge in [-0.3, -0.25) is 4.98 Å². The maximum atomic E-state index is 4.26. The van der Waals surface area contributed by atoms with Crippen LogP contribution in [0.2, 0.25) is 0 Å². The van der Waals surface area contributed by atoms with Crippen LogP contribution in [0.1, 0.15) is 0 Å². The molecule has 0 N–H and O–H groups in total. The number of thiol groups is 2. The highest BCUT2D eigenvalue weighted by Gasteiger charge is 1.98. The summed E-state index contributed by atoms with van der Waals surface area (Å²) >= 11 is 8.42. The normalized spacial score (nSPS) is 10.3. The van der Waals surface area contributed by atoms with Gasteiger partial charge in [0.2, 0.25) is 0 Å². The average Bonchev–Trinajstić information content (AvgIpc) is 2.57. The summed E-state index contributed by atoms with van der Waals surface area (Å²) in [6.07, 6.45) is 1.81. The molecule has 0 fully saturated rings. The van der Waals surface area contributed by atoms with Crippen molar-refractivity contribution in [3.8, 4) is 0 Å². The molecule has 0 saturated carbocycles. The summed E-state index contributed by atoms with van der Waals surface area (Å²) in [5.41, 5.74) is 2.02. The summed E-state index contributed by atoms with van der Waals surface area (Å²) in [5.74, 6) is 0. The molecular formula is C18H14N2S2. The van der Waals surface area contributed by atoms with E-state index in [1.165, 1.54) is 5.39 Å². The molecule has 0 saturated heterocycles. The average molecular weight is 322 g/mol. The molecule has 4 rings (SSSR count). The molecule has 0 atom stereocenters. The van der Waals surface area contributed by atoms with Gasteiger partial charge in [0.1, 0.15) is 5.03 Å². The Morgan fingerprint density at radius 2 is 1.32 bits per heavy atom. The van der Waals surface area contributed by atoms with Gasteiger partial charge >= 0.3 is 0 Å². The first kappa shape index (κ1) is 14.9. The minimum atomic E-state index is 0.678. The Kier molecular flexibility index (Phi) is 4.61. The van der Waals surface area contributed by atoms with Gasteiger partial charge in [0, 0.05) is 21.9 Å². The fraction of sp³-hybridized carbons (Fsp3) is 0. The second-order valence-corrected chi connectivity index (χ2v) is 5.63. The largest absolute Gasteiger partial charge is 0.256 e. The van der Waals surface area contributed by atoms with Crippen LogP contribution >= 0.6 is 25.3 Å². The first-order chi connectivity index (χ1) is 10.7. The quantitative estimate of drug-likeness (QED) is 0.443. The van der Waals surface area contributed by atoms with Gasteiger partial charge in [-0.15, -0.1) is 25.3 Å². The van der Waals surface area contributed by atoms with Crippen molar-refractivity contribution >= 4 is 47.1 Å². The number of rotatable bonds is 0. The van der Waals surface area contributed by atoms with Gasteiger partial charge in [-0.2, -0.15) is 0 Å². The molecule has 0 aliphatic carbocycles. The van der Waals surface area contributed by atoms with Crippen LogP contribution in [0.4, 0.5) is 0 Å². The number of hydrogen-bond acceptors (Lipinski definition) is 4. The first-order valence-corrected chi connectivity index (χ1v) is 7.71. The van der Waals surface area contributed by atoms with E-state index in [2.05, 4.69) is 47.4 Å². The van der Waals surface area contributed by atoms with Crippen molar-refractivity contribution in [2.45, 2.75) is 9.92 Å². The summed E-state index contributed by atoms with van der Waals surface area (Å²) in [7, 11) is 0. The number of pyridine rings is 2. The molecule has 4 heteroatoms. The van der Waals surface area contributed by atoms with Gasteiger partial charge in [-0.05, 0) is 24.3 Å². The van der Waals surface area contributed by atoms with E-state index < -0.39 is 0 Å². The summed E-state index contributed by atoms with van der Waals surface area (Å²) in [6.45, 7) is 0. The van der Waals surface area contributed by atoms with E-state index in [9.17, 15) is 0 Å². The second-order valence-electron chi connectivity index (χ2n) is 4.72. The lowest BCUT2D eigenvalue weighted by molar-refractivity contribution is 1.09. The van der Waals surface area contributed by atoms with Crippen molar-refractivity contribution in [3.05, 3.63) is 72.9 Å². The molecule has 0 spiro atoms. The smallest absolute Gasteiger partial charge is 0.107 e. The minimum Gasteiger partial charge on any atom is -0.256 e. The Hall–Kier alpha value is -2.04. The topological polar surface area (TPSA) is 25.8 Å². The molecular weight excluding hydrogens is 308 g/mol. The molecule has 0 amide bonds. The molecule has 0 radical (unpaired) electrons. The number of aromatic nitrogens is 2. The third-order valence-electron chi connectivity index (χ3n) is 3.20. The van der Waals surface area contributed by atoms with E-state index in [4.69, 9.17) is 0 Å². The minimum absolute atomic E-state index is 0.678. The Balaban J connectivity index is 0.000000133. The third kappa shape index (κ3) is 3.40. The van der Waals surface area contributed by atoms with Crippen molar-refractivity contribution in [2.24, 2.45) is 0 Å². The van der Waals surface area contributed by atoms with Crippen LogP contribution in [-0.2, 0) is 0 Å². The van der Waals surface area contributed by atoms with Gasteiger partial charge < -0.3 is 0 Å². The van der Waals surface area contributed by atoms with Crippen LogP contribution in [-0.4, -0.2) is 9.97 Å². The van der Waals surface area contributed by atoms with Gasteiger partial charge in [0.15, 0.2) is 0 Å². The predicted octanol–water partition coefficient (Wildman–Crippen LogP) is 5.05. The zero-order valence-corrected chi connectivity index (χ0v) is 13.5. The Morgan fingerprint density at radius 3 is 2.09 bits per heavy atom. The molecule has 2 heterocycles. The molecule has 22 heavy (non-hydrogen) atoms. The SMILES string of the molecule is Sc1cc2ccccc2nc1S.c1ccc2ncccc2c1. The maximum absolute atomic E-state index is 4.26. The Morgan fingerprint density at radius 1 is 0.682 bits per heavy atom. The van der Waals surface area contributed by atoms with Gasteiger partial charge in [-0.25, -0.2) is 4.98 Å². The molecule has 4 aromatic rings. The second kappa shape index (κ2) is 6.81. The fourth-order valence-corrected chi connectivity index (χ4v) is 2.47. The van der Waals surface area contributed by atoms with Crippen LogP contribution < -0.4 is 0 Å². The van der Waals surface area contributed by atoms with Crippen LogP contribution in [0.3, 0.4) is 0 Å². The summed E-state index contributed by atoms with van der Waals surface area (Å²) in [4.78, 5) is 9.26. The van der Waals surface area contributed by atoms with Crippen molar-refractivity contribution in [1.29, 1.82) is 0 Å². The monoisotopic (exact) mass is 322 g/mol. The highest BCUT2D eigenvalue weighted by Crippen LogP contribution is 2.21. The molecule has 2 aromatic heterocycles. The van der Waals surface area contributed by atoms with E-state index in [0.717, 1.165) is 21.3 Å². The lowest BCUT2D eigenvalue weighted by Crippen LogP contribution is -1.81. The molecule has 2 aromatic carbocycles. The molecule has 0 bridgehead atoms. The highest BCUT2D eigenvalue weighted by atomic mass is 32.1. The maximum Gasteiger partial charge on any atom is 0.107 e. The van der Waals surface area contributed by atoms with E-state index in [1.807, 2.05) is 60.8 Å². The molecule has 0 aliphatic heterocycles. The van der Waals surface area contributed by atoms with Gasteiger partial charge in [0.25, 0.3) is 0 Å². The molecule has 2 nitrogen and oxygen atoms in total. The number of fused-ring (bicyclic) bond motifs is 2. The number of hydrogen-bond donors (Lipinski definition) is 2. The van der Waals surface area contributed by atoms with E-state index in [-0.39, 0.29) is 0 Å². The van der Waals surface area contributed by atoms with Gasteiger partial charge in [-0.1, -0.05) is 42.5 Å². The number of nitrogens with zero attached hydrogens (tertiary/aromatic N) is 2. The lowest BCUT2D eigenvalue weighted by Gasteiger charge is -1.99. The Bertz CT molecular complexity index is 817. The standard InChI is InChI=1S/C9H7NS2.C9H7N/c11-8-5-6-3-1-2-4-7(6)10-9(8)12;1-2-6-9-8(4-1)5-3-7-10-9/h1-5,11H,(H,10,12);1-7H. The summed E-state index contributed by atoms with van der Waals surface area (Å²) in [6, 6.07) is 22.0. The van der Waals surface area contributed by atoms with E-state index >= 15 is 0 Å². The Labute approximate surface area is 140 Å². The highest BCUT2D eigenvalue weighted by molar-refractivity contribution is 7.83. The number of para-hydroxylation sites is 2. The van der Waals surface area contributed by atoms with Crippen molar-refractivity contribution in [2.75, 3.05) is 0 Å². The number of benzene rings is 2. The predicted molar refractivity (Wildman–Crippen MR) is 98.0 cm³/mol. The van der Waals surface area contributed by atoms with Crippen LogP contribution in [0.15, 0.2) is 82.8 Å². The van der Waals surface area contributed by atoms with Gasteiger partial charge in [0.05, 0.1) is 11.0 Å². The van der Waals surface area contributed by atoms with E-state index in [1.54, 1.807) is 0 Å². The zero-order chi connectivity index (χ0) is 15.4. The first-order valence-electron chi connectivity index (χ1n) is 6.81. The fourth-order valence-electron chi connectivity index (χ4n) is 2.11. The zero-order valence-electron chi connectivity index (χ0n) is 11.7. The molecule has 108 valence electrons. The van der Waals surface area contributed by atoms with Crippen LogP contribution in [0.5, 0.6) is 0 Å². The van der Waals surface area contributed by atoms with Crippen LogP contribution in [0.25, 0.3) is 21.8 Å². The summed E-state index contributed by atoms with van der Waals surface area (Å²) < 4.78 is 0. The third-order valence-corrected chi connectivity index (χ3v) is 4.05. The van der Waals surface area contributed by atoms with E-state index in [0.29, 0.717) is 5.03 Å². The van der Waals surface area contributed by atoms with Crippen molar-refractivity contribution in [3.63, 3.8) is 0 Å². The van der Waals surface area contributed by atoms with Crippen LogP contribution in [0, 0.1) is 0 Å². The summed E-state index contributed by atoms with van der Waals surface area (Å²) in [5, 5.41) is 2.97. The lowest BCUT2D eigenvalue weighted by atomic mass is 10.2. The molecule has 0 unspecified atom stereocenters. The molecule has 0 aliphatic rings. The van der Waals surface area contributed by atoms with Crippen molar-refractivity contribution in [1.82, 2.24) is 9.97 Å². The van der Waals surface area contributed by atoms with Crippen molar-refractivity contribution < 1.29 is 0 Å².